The molecule has 5 aliphatic carbocycles. The molecule has 4 saturated carbocycles. The number of carbonyl (C=O) groups is 3. The van der Waals surface area contributed by atoms with Gasteiger partial charge in [-0.15, -0.1) is 0 Å². The fourth-order valence-corrected chi connectivity index (χ4v) is 13.3. The van der Waals surface area contributed by atoms with Gasteiger partial charge in [0.25, 0.3) is 0 Å². The Balaban J connectivity index is 1.24. The highest BCUT2D eigenvalue weighted by atomic mass is 35.5. The number of esters is 1. The van der Waals surface area contributed by atoms with Gasteiger partial charge in [-0.25, -0.2) is 0 Å². The first-order valence-corrected chi connectivity index (χ1v) is 20.3. The zero-order valence-corrected chi connectivity index (χ0v) is 33.6. The van der Waals surface area contributed by atoms with Gasteiger partial charge in [0.2, 0.25) is 0 Å². The lowest BCUT2D eigenvalue weighted by molar-refractivity contribution is -0.233. The number of carboxylic acid groups (broad SMARTS) is 1. The molecule has 0 saturated heterocycles. The van der Waals surface area contributed by atoms with Crippen LogP contribution in [0.5, 0.6) is 0 Å². The van der Waals surface area contributed by atoms with E-state index in [2.05, 4.69) is 59.8 Å². The van der Waals surface area contributed by atoms with Crippen LogP contribution in [0.25, 0.3) is 0 Å². The van der Waals surface area contributed by atoms with E-state index in [0.717, 1.165) is 75.1 Å². The Kier molecular flexibility index (Phi) is 10.0. The third kappa shape index (κ3) is 6.24. The number of ether oxygens (including phenoxy) is 1. The Morgan fingerprint density at radius 3 is 2.37 bits per heavy atom. The monoisotopic (exact) mass is 721 g/mol. The van der Waals surface area contributed by atoms with E-state index in [0.29, 0.717) is 30.0 Å². The lowest BCUT2D eigenvalue weighted by atomic mass is 9.33. The summed E-state index contributed by atoms with van der Waals surface area (Å²) in [5.41, 5.74) is 2.83. The van der Waals surface area contributed by atoms with Crippen LogP contribution in [-0.2, 0) is 25.7 Å². The Morgan fingerprint density at radius 1 is 0.980 bits per heavy atom. The van der Waals surface area contributed by atoms with Crippen molar-refractivity contribution >= 4 is 29.3 Å². The molecule has 6 rings (SSSR count). The van der Waals surface area contributed by atoms with Gasteiger partial charge in [0.1, 0.15) is 6.10 Å². The molecule has 0 bridgehead atoms. The summed E-state index contributed by atoms with van der Waals surface area (Å²) in [5.74, 6) is 0.635. The molecule has 7 heteroatoms. The molecule has 0 aliphatic heterocycles. The second kappa shape index (κ2) is 13.3. The number of allylic oxidation sites excluding steroid dienone is 2. The van der Waals surface area contributed by atoms with Crippen LogP contribution in [0, 0.1) is 56.2 Å². The molecule has 4 fully saturated rings. The van der Waals surface area contributed by atoms with Crippen LogP contribution in [0.2, 0.25) is 5.02 Å². The predicted molar refractivity (Wildman–Crippen MR) is 203 cm³/mol. The van der Waals surface area contributed by atoms with Crippen LogP contribution in [0.15, 0.2) is 35.4 Å². The molecule has 0 radical (unpaired) electrons. The second-order valence-electron chi connectivity index (χ2n) is 19.7. The molecule has 6 nitrogen and oxygen atoms in total. The normalized spacial score (nSPS) is 37.4. The average molecular weight is 722 g/mol. The predicted octanol–water partition coefficient (Wildman–Crippen LogP) is 10.2. The summed E-state index contributed by atoms with van der Waals surface area (Å²) >= 11 is 6.26. The molecule has 2 unspecified atom stereocenters. The lowest BCUT2D eigenvalue weighted by Crippen LogP contribution is -2.65. The van der Waals surface area contributed by atoms with Crippen molar-refractivity contribution in [1.82, 2.24) is 5.32 Å². The summed E-state index contributed by atoms with van der Waals surface area (Å²) in [6.07, 6.45) is 9.95. The second-order valence-corrected chi connectivity index (χ2v) is 20.2. The first-order valence-electron chi connectivity index (χ1n) is 19.9. The molecule has 1 aromatic rings. The van der Waals surface area contributed by atoms with E-state index in [1.807, 2.05) is 18.2 Å². The van der Waals surface area contributed by atoms with Crippen LogP contribution < -0.4 is 5.32 Å². The Morgan fingerprint density at radius 2 is 1.71 bits per heavy atom. The lowest BCUT2D eigenvalue weighted by Gasteiger charge is -2.72. The van der Waals surface area contributed by atoms with E-state index in [-0.39, 0.29) is 45.5 Å². The molecule has 0 heterocycles. The molecule has 51 heavy (non-hydrogen) atoms. The molecule has 0 spiro atoms. The number of aliphatic carboxylic acids is 1. The van der Waals surface area contributed by atoms with E-state index in [1.165, 1.54) is 17.6 Å². The Labute approximate surface area is 312 Å². The molecular weight excluding hydrogens is 658 g/mol. The van der Waals surface area contributed by atoms with E-state index in [4.69, 9.17) is 16.3 Å². The number of halogens is 1. The third-order valence-electron chi connectivity index (χ3n) is 16.0. The standard InChI is InChI=1S/C44H64ClNO5/c1-27(2)36-31(47)24-44(21-22-46-26-28-11-10-12-29(45)23-28)20-19-42(8)30(37(36)44)13-14-33-41(7)17-16-34(51-35(48)25-39(3,4)38(49)50)40(5,6)32(41)15-18-43(33,42)9/h10-12,23,27,30,32-34,46H,13-22,24-26H2,1-9H3,(H,49,50)/t30?,32-,33+,34-,41-,42+,43+,44?/m0/s1. The maximum Gasteiger partial charge on any atom is 0.309 e. The zero-order valence-electron chi connectivity index (χ0n) is 32.8. The van der Waals surface area contributed by atoms with Crippen molar-refractivity contribution in [2.24, 2.45) is 56.2 Å². The summed E-state index contributed by atoms with van der Waals surface area (Å²) in [5, 5.41) is 14.1. The number of carboxylic acids is 1. The number of ketones is 1. The van der Waals surface area contributed by atoms with Crippen molar-refractivity contribution in [2.75, 3.05) is 6.54 Å². The third-order valence-corrected chi connectivity index (χ3v) is 16.2. The van der Waals surface area contributed by atoms with Gasteiger partial charge in [0.05, 0.1) is 11.8 Å². The maximum atomic E-state index is 14.0. The molecule has 282 valence electrons. The highest BCUT2D eigenvalue weighted by Gasteiger charge is 2.70. The highest BCUT2D eigenvalue weighted by molar-refractivity contribution is 6.30. The van der Waals surface area contributed by atoms with Gasteiger partial charge in [-0.05, 0) is 141 Å². The van der Waals surface area contributed by atoms with E-state index in [9.17, 15) is 19.5 Å². The smallest absolute Gasteiger partial charge is 0.309 e. The van der Waals surface area contributed by atoms with Crippen LogP contribution in [0.1, 0.15) is 139 Å². The first kappa shape index (κ1) is 38.5. The topological polar surface area (TPSA) is 92.7 Å². The highest BCUT2D eigenvalue weighted by Crippen LogP contribution is 2.77. The number of hydrogen-bond acceptors (Lipinski definition) is 5. The van der Waals surface area contributed by atoms with Gasteiger partial charge < -0.3 is 15.2 Å². The van der Waals surface area contributed by atoms with Crippen molar-refractivity contribution in [2.45, 2.75) is 146 Å². The van der Waals surface area contributed by atoms with Gasteiger partial charge in [-0.1, -0.05) is 77.8 Å². The molecular formula is C44H64ClNO5. The Bertz CT molecular complexity index is 1590. The minimum Gasteiger partial charge on any atom is -0.481 e. The van der Waals surface area contributed by atoms with Crippen LogP contribution >= 0.6 is 11.6 Å². The van der Waals surface area contributed by atoms with Crippen molar-refractivity contribution in [3.63, 3.8) is 0 Å². The van der Waals surface area contributed by atoms with Crippen LogP contribution in [-0.4, -0.2) is 35.5 Å². The SMILES string of the molecule is CC(C)C1=C2C3CC[C@@H]4[C@@]5(C)CC[C@H](OC(=O)CC(C)(C)C(=O)O)C(C)(C)[C@@H]5CC[C@@]4(C)[C@]3(C)CCC2(CCNCc2cccc(Cl)c2)CC1=O. The molecule has 2 N–H and O–H groups in total. The summed E-state index contributed by atoms with van der Waals surface area (Å²) in [6.45, 7) is 21.7. The number of hydrogen-bond donors (Lipinski definition) is 2. The van der Waals surface area contributed by atoms with Gasteiger partial charge in [-0.3, -0.25) is 14.4 Å². The van der Waals surface area contributed by atoms with Crippen LogP contribution in [0.4, 0.5) is 0 Å². The largest absolute Gasteiger partial charge is 0.481 e. The molecule has 8 atom stereocenters. The molecule has 5 aliphatic rings. The summed E-state index contributed by atoms with van der Waals surface area (Å²) in [6, 6.07) is 8.05. The van der Waals surface area contributed by atoms with Crippen LogP contribution in [0.3, 0.4) is 0 Å². The number of rotatable bonds is 10. The molecule has 0 amide bonds. The summed E-state index contributed by atoms with van der Waals surface area (Å²) < 4.78 is 6.18. The fraction of sp³-hybridized carbons (Fsp3) is 0.750. The number of benzene rings is 1. The number of carbonyl (C=O) groups excluding carboxylic acids is 2. The van der Waals surface area contributed by atoms with Gasteiger partial charge in [-0.2, -0.15) is 0 Å². The van der Waals surface area contributed by atoms with Crippen molar-refractivity contribution < 1.29 is 24.2 Å². The minimum absolute atomic E-state index is 0.0500. The summed E-state index contributed by atoms with van der Waals surface area (Å²) in [7, 11) is 0. The van der Waals surface area contributed by atoms with Crippen molar-refractivity contribution in [3.8, 4) is 0 Å². The molecule has 1 aromatic carbocycles. The first-order chi connectivity index (χ1) is 23.7. The van der Waals surface area contributed by atoms with Crippen molar-refractivity contribution in [1.29, 1.82) is 0 Å². The number of Topliss-reactive ketones (excluding diaryl/α,β-unsaturated/α-hetero) is 1. The quantitative estimate of drug-likeness (QED) is 0.185. The van der Waals surface area contributed by atoms with Gasteiger partial charge >= 0.3 is 11.9 Å². The van der Waals surface area contributed by atoms with Gasteiger partial charge in [0.15, 0.2) is 5.78 Å². The maximum absolute atomic E-state index is 14.0. The zero-order chi connectivity index (χ0) is 37.4. The number of nitrogens with one attached hydrogen (secondary N) is 1. The Hall–Kier alpha value is -2.18. The molecule has 0 aromatic heterocycles. The summed E-state index contributed by atoms with van der Waals surface area (Å²) in [4.78, 5) is 38.8. The average Bonchev–Trinajstić information content (AvgIpc) is 3.33. The van der Waals surface area contributed by atoms with E-state index in [1.54, 1.807) is 13.8 Å². The minimum atomic E-state index is -1.15. The fourth-order valence-electron chi connectivity index (χ4n) is 13.1. The van der Waals surface area contributed by atoms with Gasteiger partial charge in [0, 0.05) is 28.8 Å². The van der Waals surface area contributed by atoms with E-state index < -0.39 is 17.4 Å². The van der Waals surface area contributed by atoms with E-state index >= 15 is 0 Å². The van der Waals surface area contributed by atoms with Crippen molar-refractivity contribution in [3.05, 3.63) is 46.0 Å². The number of fused-ring (bicyclic) bond motifs is 7.